The number of hydrogen-bond acceptors (Lipinski definition) is 2. The van der Waals surface area contributed by atoms with Crippen molar-refractivity contribution in [2.24, 2.45) is 5.92 Å². The van der Waals surface area contributed by atoms with E-state index in [-0.39, 0.29) is 0 Å². The van der Waals surface area contributed by atoms with Gasteiger partial charge in [-0.2, -0.15) is 0 Å². The van der Waals surface area contributed by atoms with Crippen molar-refractivity contribution in [1.82, 2.24) is 4.98 Å². The molecule has 1 unspecified atom stereocenters. The summed E-state index contributed by atoms with van der Waals surface area (Å²) in [6, 6.07) is 11.5. The highest BCUT2D eigenvalue weighted by Gasteiger charge is 2.18. The average molecular weight is 320 g/mol. The fourth-order valence-electron chi connectivity index (χ4n) is 2.00. The van der Waals surface area contributed by atoms with Gasteiger partial charge in [-0.05, 0) is 42.2 Å². The molecule has 0 saturated heterocycles. The zero-order valence-corrected chi connectivity index (χ0v) is 11.9. The lowest BCUT2D eigenvalue weighted by atomic mass is 9.93. The minimum absolute atomic E-state index is 0.432. The number of nitrogens with zero attached hydrogens (tertiary/aromatic N) is 1. The van der Waals surface area contributed by atoms with Gasteiger partial charge in [0.25, 0.3) is 0 Å². The fourth-order valence-corrected chi connectivity index (χ4v) is 2.45. The molecule has 1 N–H and O–H groups in total. The molecule has 0 amide bonds. The van der Waals surface area contributed by atoms with Gasteiger partial charge in [0.15, 0.2) is 0 Å². The first-order valence-electron chi connectivity index (χ1n) is 6.01. The molecular weight excluding hydrogens is 306 g/mol. The Kier molecular flexibility index (Phi) is 4.68. The third kappa shape index (κ3) is 4.17. The van der Waals surface area contributed by atoms with Crippen molar-refractivity contribution in [3.05, 3.63) is 64.4 Å². The van der Waals surface area contributed by atoms with E-state index in [1.54, 1.807) is 12.4 Å². The van der Waals surface area contributed by atoms with Gasteiger partial charge in [-0.25, -0.2) is 0 Å². The van der Waals surface area contributed by atoms with E-state index in [9.17, 15) is 9.90 Å². The van der Waals surface area contributed by atoms with Crippen molar-refractivity contribution in [3.8, 4) is 0 Å². The van der Waals surface area contributed by atoms with Crippen LogP contribution in [-0.4, -0.2) is 16.1 Å². The SMILES string of the molecule is O=C(O)C(Cc1cccnc1)Cc1cccc(Br)c1. The smallest absolute Gasteiger partial charge is 0.307 e. The van der Waals surface area contributed by atoms with Crippen LogP contribution in [0.1, 0.15) is 11.1 Å². The van der Waals surface area contributed by atoms with Crippen LogP contribution < -0.4 is 0 Å². The number of aliphatic carboxylic acids is 1. The Morgan fingerprint density at radius 1 is 1.21 bits per heavy atom. The number of carboxylic acid groups (broad SMARTS) is 1. The zero-order valence-electron chi connectivity index (χ0n) is 10.3. The highest BCUT2D eigenvalue weighted by Crippen LogP contribution is 2.18. The summed E-state index contributed by atoms with van der Waals surface area (Å²) in [7, 11) is 0. The molecule has 2 rings (SSSR count). The van der Waals surface area contributed by atoms with Crippen LogP contribution >= 0.6 is 15.9 Å². The number of aromatic nitrogens is 1. The molecule has 0 fully saturated rings. The predicted octanol–water partition coefficient (Wildman–Crippen LogP) is 3.33. The van der Waals surface area contributed by atoms with Gasteiger partial charge in [0.2, 0.25) is 0 Å². The molecule has 2 aromatic rings. The van der Waals surface area contributed by atoms with E-state index in [4.69, 9.17) is 0 Å². The maximum absolute atomic E-state index is 11.4. The first-order chi connectivity index (χ1) is 9.15. The standard InChI is InChI=1S/C15H14BrNO2/c16-14-5-1-3-11(9-14)7-13(15(18)19)8-12-4-2-6-17-10-12/h1-6,9-10,13H,7-8H2,(H,18,19). The Bertz CT molecular complexity index is 557. The van der Waals surface area contributed by atoms with E-state index in [2.05, 4.69) is 20.9 Å². The molecule has 0 spiro atoms. The largest absolute Gasteiger partial charge is 0.481 e. The minimum atomic E-state index is -0.774. The summed E-state index contributed by atoms with van der Waals surface area (Å²) in [6.45, 7) is 0. The second-order valence-corrected chi connectivity index (χ2v) is 5.35. The fraction of sp³-hybridized carbons (Fsp3) is 0.200. The highest BCUT2D eigenvalue weighted by atomic mass is 79.9. The Balaban J connectivity index is 2.11. The van der Waals surface area contributed by atoms with Crippen molar-refractivity contribution in [2.45, 2.75) is 12.8 Å². The van der Waals surface area contributed by atoms with Crippen LogP contribution in [0.2, 0.25) is 0 Å². The van der Waals surface area contributed by atoms with Crippen molar-refractivity contribution < 1.29 is 9.90 Å². The lowest BCUT2D eigenvalue weighted by Gasteiger charge is -2.12. The molecule has 0 aliphatic heterocycles. The first kappa shape index (κ1) is 13.7. The summed E-state index contributed by atoms with van der Waals surface area (Å²) in [5.74, 6) is -1.21. The van der Waals surface area contributed by atoms with Gasteiger partial charge in [0.05, 0.1) is 5.92 Å². The van der Waals surface area contributed by atoms with E-state index in [1.807, 2.05) is 36.4 Å². The maximum Gasteiger partial charge on any atom is 0.307 e. The summed E-state index contributed by atoms with van der Waals surface area (Å²) in [4.78, 5) is 15.4. The molecule has 19 heavy (non-hydrogen) atoms. The van der Waals surface area contributed by atoms with E-state index in [0.717, 1.165) is 15.6 Å². The Morgan fingerprint density at radius 3 is 2.58 bits per heavy atom. The van der Waals surface area contributed by atoms with E-state index >= 15 is 0 Å². The van der Waals surface area contributed by atoms with Crippen LogP contribution in [0.25, 0.3) is 0 Å². The quantitative estimate of drug-likeness (QED) is 0.919. The number of hydrogen-bond donors (Lipinski definition) is 1. The Morgan fingerprint density at radius 2 is 1.95 bits per heavy atom. The molecule has 98 valence electrons. The Hall–Kier alpha value is -1.68. The molecular formula is C15H14BrNO2. The molecule has 1 aromatic heterocycles. The maximum atomic E-state index is 11.4. The monoisotopic (exact) mass is 319 g/mol. The highest BCUT2D eigenvalue weighted by molar-refractivity contribution is 9.10. The molecule has 0 bridgehead atoms. The molecule has 0 radical (unpaired) electrons. The summed E-state index contributed by atoms with van der Waals surface area (Å²) in [5.41, 5.74) is 1.97. The number of rotatable bonds is 5. The number of carbonyl (C=O) groups is 1. The third-order valence-electron chi connectivity index (χ3n) is 2.93. The van der Waals surface area contributed by atoms with E-state index in [0.29, 0.717) is 12.8 Å². The van der Waals surface area contributed by atoms with Gasteiger partial charge in [0.1, 0.15) is 0 Å². The van der Waals surface area contributed by atoms with E-state index in [1.165, 1.54) is 0 Å². The summed E-state index contributed by atoms with van der Waals surface area (Å²) < 4.78 is 0.968. The van der Waals surface area contributed by atoms with Crippen LogP contribution in [0.5, 0.6) is 0 Å². The molecule has 0 aliphatic carbocycles. The van der Waals surface area contributed by atoms with Crippen LogP contribution in [0.15, 0.2) is 53.3 Å². The lowest BCUT2D eigenvalue weighted by Crippen LogP contribution is -2.19. The summed E-state index contributed by atoms with van der Waals surface area (Å²) in [6.07, 6.45) is 4.42. The van der Waals surface area contributed by atoms with Crippen LogP contribution in [-0.2, 0) is 17.6 Å². The van der Waals surface area contributed by atoms with Crippen LogP contribution in [0.3, 0.4) is 0 Å². The van der Waals surface area contributed by atoms with Gasteiger partial charge in [-0.3, -0.25) is 9.78 Å². The summed E-state index contributed by atoms with van der Waals surface area (Å²) in [5, 5.41) is 9.33. The molecule has 0 aliphatic rings. The van der Waals surface area contributed by atoms with Gasteiger partial charge in [-0.15, -0.1) is 0 Å². The second-order valence-electron chi connectivity index (χ2n) is 4.43. The topological polar surface area (TPSA) is 50.2 Å². The Labute approximate surface area is 120 Å². The molecule has 4 heteroatoms. The van der Waals surface area contributed by atoms with Gasteiger partial charge >= 0.3 is 5.97 Å². The summed E-state index contributed by atoms with van der Waals surface area (Å²) >= 11 is 3.40. The average Bonchev–Trinajstić information content (AvgIpc) is 2.39. The molecule has 1 heterocycles. The minimum Gasteiger partial charge on any atom is -0.481 e. The van der Waals surface area contributed by atoms with Crippen molar-refractivity contribution in [1.29, 1.82) is 0 Å². The van der Waals surface area contributed by atoms with Gasteiger partial charge < -0.3 is 5.11 Å². The molecule has 3 nitrogen and oxygen atoms in total. The number of carboxylic acids is 1. The second kappa shape index (κ2) is 6.48. The van der Waals surface area contributed by atoms with Gasteiger partial charge in [0, 0.05) is 16.9 Å². The lowest BCUT2D eigenvalue weighted by molar-refractivity contribution is -0.141. The van der Waals surface area contributed by atoms with Crippen LogP contribution in [0, 0.1) is 5.92 Å². The number of benzene rings is 1. The molecule has 1 aromatic carbocycles. The normalized spacial score (nSPS) is 12.1. The number of halogens is 1. The van der Waals surface area contributed by atoms with Gasteiger partial charge in [-0.1, -0.05) is 34.1 Å². The van der Waals surface area contributed by atoms with Crippen molar-refractivity contribution >= 4 is 21.9 Å². The van der Waals surface area contributed by atoms with E-state index < -0.39 is 11.9 Å². The van der Waals surface area contributed by atoms with Crippen LogP contribution in [0.4, 0.5) is 0 Å². The van der Waals surface area contributed by atoms with Crippen molar-refractivity contribution in [2.75, 3.05) is 0 Å². The number of pyridine rings is 1. The zero-order chi connectivity index (χ0) is 13.7. The first-order valence-corrected chi connectivity index (χ1v) is 6.80. The molecule has 1 atom stereocenters. The predicted molar refractivity (Wildman–Crippen MR) is 76.9 cm³/mol. The van der Waals surface area contributed by atoms with Crippen molar-refractivity contribution in [3.63, 3.8) is 0 Å². The molecule has 0 saturated carbocycles. The third-order valence-corrected chi connectivity index (χ3v) is 3.42.